The molecule has 0 aliphatic carbocycles. The number of pyridine rings is 1. The number of rotatable bonds is 2. The van der Waals surface area contributed by atoms with Crippen LogP contribution in [-0.2, 0) is 13.0 Å². The second kappa shape index (κ2) is 4.80. The van der Waals surface area contributed by atoms with Crippen molar-refractivity contribution in [3.63, 3.8) is 0 Å². The molecule has 0 bridgehead atoms. The first-order chi connectivity index (χ1) is 10.7. The first-order valence-electron chi connectivity index (χ1n) is 7.02. The summed E-state index contributed by atoms with van der Waals surface area (Å²) in [7, 11) is 0. The number of nitro groups is 1. The van der Waals surface area contributed by atoms with Crippen LogP contribution in [-0.4, -0.2) is 26.6 Å². The summed E-state index contributed by atoms with van der Waals surface area (Å²) in [5.74, 6) is 0. The minimum atomic E-state index is -0.315. The number of benzene rings is 1. The van der Waals surface area contributed by atoms with E-state index in [2.05, 4.69) is 15.2 Å². The molecule has 1 aliphatic rings. The zero-order valence-electron chi connectivity index (χ0n) is 11.7. The number of aromatic amines is 1. The van der Waals surface area contributed by atoms with Crippen molar-refractivity contribution in [1.82, 2.24) is 15.2 Å². The Hall–Kier alpha value is -2.96. The molecule has 7 nitrogen and oxygen atoms in total. The lowest BCUT2D eigenvalue weighted by atomic mass is 10.1. The number of nitrogens with one attached hydrogen (secondary N) is 1. The zero-order chi connectivity index (χ0) is 15.1. The smallest absolute Gasteiger partial charge is 0.301 e. The van der Waals surface area contributed by atoms with Crippen LogP contribution < -0.4 is 4.90 Å². The van der Waals surface area contributed by atoms with Crippen molar-refractivity contribution in [2.45, 2.75) is 13.0 Å². The topological polar surface area (TPSA) is 88.0 Å². The second-order valence-electron chi connectivity index (χ2n) is 5.31. The van der Waals surface area contributed by atoms with Crippen LogP contribution in [0.5, 0.6) is 0 Å². The molecule has 0 saturated heterocycles. The minimum absolute atomic E-state index is 0.123. The Kier molecular flexibility index (Phi) is 2.78. The monoisotopic (exact) mass is 295 g/mol. The molecule has 22 heavy (non-hydrogen) atoms. The number of aromatic nitrogens is 3. The molecule has 0 atom stereocenters. The normalized spacial score (nSPS) is 14.1. The molecule has 2 aromatic heterocycles. The molecule has 0 unspecified atom stereocenters. The maximum Gasteiger partial charge on any atom is 0.301 e. The lowest BCUT2D eigenvalue weighted by molar-refractivity contribution is -0.382. The van der Waals surface area contributed by atoms with Gasteiger partial charge in [0, 0.05) is 37.0 Å². The van der Waals surface area contributed by atoms with Gasteiger partial charge < -0.3 is 4.90 Å². The third kappa shape index (κ3) is 1.90. The summed E-state index contributed by atoms with van der Waals surface area (Å²) in [4.78, 5) is 17.5. The van der Waals surface area contributed by atoms with E-state index >= 15 is 0 Å². The van der Waals surface area contributed by atoms with Gasteiger partial charge in [0.1, 0.15) is 5.69 Å². The lowest BCUT2D eigenvalue weighted by Crippen LogP contribution is -2.30. The summed E-state index contributed by atoms with van der Waals surface area (Å²) in [5.41, 5.74) is 3.60. The number of nitrogens with zero attached hydrogens (tertiary/aromatic N) is 4. The highest BCUT2D eigenvalue weighted by Gasteiger charge is 2.26. The van der Waals surface area contributed by atoms with Crippen LogP contribution in [0.15, 0.2) is 36.7 Å². The van der Waals surface area contributed by atoms with Gasteiger partial charge >= 0.3 is 5.69 Å². The highest BCUT2D eigenvalue weighted by molar-refractivity contribution is 5.94. The molecule has 3 heterocycles. The van der Waals surface area contributed by atoms with E-state index in [1.807, 2.05) is 11.0 Å². The number of nitro benzene ring substituents is 1. The number of hydrogen-bond donors (Lipinski definition) is 1. The molecule has 1 N–H and O–H groups in total. The Morgan fingerprint density at radius 1 is 1.32 bits per heavy atom. The molecule has 7 heteroatoms. The standard InChI is InChI=1S/C15H13N5O2/c21-20(22)15-11-2-1-6-16-13(11)3-4-14(15)19-7-5-12-10(9-19)8-17-18-12/h1-4,6,8H,5,7,9H2,(H,17,18). The van der Waals surface area contributed by atoms with Gasteiger partial charge in [-0.3, -0.25) is 20.2 Å². The molecule has 0 amide bonds. The molecule has 1 aromatic carbocycles. The molecule has 0 radical (unpaired) electrons. The minimum Gasteiger partial charge on any atom is -0.361 e. The average molecular weight is 295 g/mol. The Labute approximate surface area is 125 Å². The molecule has 0 spiro atoms. The summed E-state index contributed by atoms with van der Waals surface area (Å²) >= 11 is 0. The maximum absolute atomic E-state index is 11.6. The van der Waals surface area contributed by atoms with Gasteiger partial charge in [-0.1, -0.05) is 0 Å². The summed E-state index contributed by atoms with van der Waals surface area (Å²) in [5, 5.41) is 19.2. The quantitative estimate of drug-likeness (QED) is 0.579. The summed E-state index contributed by atoms with van der Waals surface area (Å²) in [6.07, 6.45) is 4.23. The average Bonchev–Trinajstić information content (AvgIpc) is 3.01. The van der Waals surface area contributed by atoms with Crippen molar-refractivity contribution in [2.24, 2.45) is 0 Å². The number of H-pyrrole nitrogens is 1. The van der Waals surface area contributed by atoms with E-state index in [0.717, 1.165) is 24.2 Å². The summed E-state index contributed by atoms with van der Waals surface area (Å²) in [6, 6.07) is 7.10. The van der Waals surface area contributed by atoms with E-state index < -0.39 is 0 Å². The summed E-state index contributed by atoms with van der Waals surface area (Å²) in [6.45, 7) is 1.35. The van der Waals surface area contributed by atoms with E-state index in [9.17, 15) is 10.1 Å². The van der Waals surface area contributed by atoms with Crippen molar-refractivity contribution in [3.05, 3.63) is 58.0 Å². The largest absolute Gasteiger partial charge is 0.361 e. The van der Waals surface area contributed by atoms with Gasteiger partial charge in [-0.05, 0) is 24.3 Å². The lowest BCUT2D eigenvalue weighted by Gasteiger charge is -2.28. The van der Waals surface area contributed by atoms with E-state index in [0.29, 0.717) is 23.1 Å². The molecule has 4 rings (SSSR count). The summed E-state index contributed by atoms with van der Waals surface area (Å²) < 4.78 is 0. The molecule has 3 aromatic rings. The van der Waals surface area contributed by atoms with E-state index in [1.165, 1.54) is 0 Å². The Bertz CT molecular complexity index is 873. The molecule has 0 saturated carbocycles. The fourth-order valence-electron chi connectivity index (χ4n) is 3.00. The maximum atomic E-state index is 11.6. The van der Waals surface area contributed by atoms with Gasteiger partial charge in [0.25, 0.3) is 0 Å². The van der Waals surface area contributed by atoms with Crippen LogP contribution in [0.25, 0.3) is 10.9 Å². The third-order valence-corrected chi connectivity index (χ3v) is 4.06. The Morgan fingerprint density at radius 2 is 2.23 bits per heavy atom. The fraction of sp³-hybridized carbons (Fsp3) is 0.200. The van der Waals surface area contributed by atoms with Gasteiger partial charge in [-0.2, -0.15) is 5.10 Å². The van der Waals surface area contributed by atoms with Gasteiger partial charge in [0.2, 0.25) is 0 Å². The van der Waals surface area contributed by atoms with Crippen molar-refractivity contribution in [2.75, 3.05) is 11.4 Å². The van der Waals surface area contributed by atoms with E-state index in [-0.39, 0.29) is 10.6 Å². The predicted molar refractivity (Wildman–Crippen MR) is 81.7 cm³/mol. The van der Waals surface area contributed by atoms with Gasteiger partial charge in [0.05, 0.1) is 22.0 Å². The molecule has 110 valence electrons. The Morgan fingerprint density at radius 3 is 3.09 bits per heavy atom. The van der Waals surface area contributed by atoms with E-state index in [1.54, 1.807) is 30.6 Å². The van der Waals surface area contributed by atoms with Crippen molar-refractivity contribution in [3.8, 4) is 0 Å². The number of fused-ring (bicyclic) bond motifs is 2. The zero-order valence-corrected chi connectivity index (χ0v) is 11.7. The van der Waals surface area contributed by atoms with Gasteiger partial charge in [-0.25, -0.2) is 0 Å². The predicted octanol–water partition coefficient (Wildman–Crippen LogP) is 2.43. The van der Waals surface area contributed by atoms with Crippen LogP contribution in [0.3, 0.4) is 0 Å². The fourth-order valence-corrected chi connectivity index (χ4v) is 3.00. The molecule has 1 aliphatic heterocycles. The first-order valence-corrected chi connectivity index (χ1v) is 7.02. The van der Waals surface area contributed by atoms with Crippen molar-refractivity contribution < 1.29 is 4.92 Å². The molecular weight excluding hydrogens is 282 g/mol. The second-order valence-corrected chi connectivity index (χ2v) is 5.31. The van der Waals surface area contributed by atoms with Crippen LogP contribution in [0.2, 0.25) is 0 Å². The van der Waals surface area contributed by atoms with E-state index in [4.69, 9.17) is 0 Å². The SMILES string of the molecule is O=[N+]([O-])c1c(N2CCc3[nH]ncc3C2)ccc2ncccc12. The first kappa shape index (κ1) is 12.8. The van der Waals surface area contributed by atoms with Crippen molar-refractivity contribution in [1.29, 1.82) is 0 Å². The molecule has 0 fully saturated rings. The highest BCUT2D eigenvalue weighted by Crippen LogP contribution is 2.36. The van der Waals surface area contributed by atoms with Crippen LogP contribution in [0.1, 0.15) is 11.3 Å². The van der Waals surface area contributed by atoms with Gasteiger partial charge in [-0.15, -0.1) is 0 Å². The van der Waals surface area contributed by atoms with Crippen LogP contribution in [0, 0.1) is 10.1 Å². The third-order valence-electron chi connectivity index (χ3n) is 4.06. The number of hydrogen-bond acceptors (Lipinski definition) is 5. The van der Waals surface area contributed by atoms with Crippen LogP contribution in [0.4, 0.5) is 11.4 Å². The van der Waals surface area contributed by atoms with Gasteiger partial charge in [0.15, 0.2) is 0 Å². The molecular formula is C15H13N5O2. The number of anilines is 1. The highest BCUT2D eigenvalue weighted by atomic mass is 16.6. The van der Waals surface area contributed by atoms with Crippen molar-refractivity contribution >= 4 is 22.3 Å². The Balaban J connectivity index is 1.85. The van der Waals surface area contributed by atoms with Crippen LogP contribution >= 0.6 is 0 Å².